The van der Waals surface area contributed by atoms with Gasteiger partial charge in [0.15, 0.2) is 5.84 Å². The molecule has 0 saturated heterocycles. The van der Waals surface area contributed by atoms with Crippen molar-refractivity contribution in [1.29, 1.82) is 5.41 Å². The largest absolute Gasteiger partial charge is 0.309 e. The van der Waals surface area contributed by atoms with Crippen molar-refractivity contribution in [2.75, 3.05) is 0 Å². The lowest BCUT2D eigenvalue weighted by molar-refractivity contribution is 0.772. The second kappa shape index (κ2) is 12.8. The molecule has 0 fully saturated rings. The molecule has 254 valence electrons. The van der Waals surface area contributed by atoms with E-state index in [2.05, 4.69) is 179 Å². The molecule has 1 N–H and O–H groups in total. The fourth-order valence-electron chi connectivity index (χ4n) is 8.67. The average Bonchev–Trinajstić information content (AvgIpc) is 3.75. The summed E-state index contributed by atoms with van der Waals surface area (Å²) in [7, 11) is 0. The first-order valence-corrected chi connectivity index (χ1v) is 18.4. The van der Waals surface area contributed by atoms with Crippen molar-refractivity contribution in [1.82, 2.24) is 4.57 Å². The molecule has 9 aromatic rings. The van der Waals surface area contributed by atoms with Gasteiger partial charge in [-0.25, -0.2) is 4.99 Å². The Bertz CT molecular complexity index is 2830. The number of nitrogens with zero attached hydrogens (tertiary/aromatic N) is 2. The van der Waals surface area contributed by atoms with Gasteiger partial charge in [0.2, 0.25) is 0 Å². The molecule has 1 aromatic heterocycles. The molecule has 0 amide bonds. The highest BCUT2D eigenvalue weighted by Crippen LogP contribution is 2.59. The zero-order chi connectivity index (χ0) is 36.1. The molecule has 0 spiro atoms. The lowest BCUT2D eigenvalue weighted by Crippen LogP contribution is -2.29. The van der Waals surface area contributed by atoms with E-state index in [0.29, 0.717) is 0 Å². The van der Waals surface area contributed by atoms with E-state index in [1.54, 1.807) is 6.21 Å². The highest BCUT2D eigenvalue weighted by Gasteiger charge is 2.48. The van der Waals surface area contributed by atoms with Gasteiger partial charge < -0.3 is 4.57 Å². The molecule has 1 aliphatic carbocycles. The van der Waals surface area contributed by atoms with Crippen molar-refractivity contribution < 1.29 is 0 Å². The summed E-state index contributed by atoms with van der Waals surface area (Å²) in [6.07, 6.45) is 1.80. The van der Waals surface area contributed by atoms with E-state index in [-0.39, 0.29) is 5.84 Å². The van der Waals surface area contributed by atoms with Crippen LogP contribution in [0.1, 0.15) is 33.4 Å². The molecule has 8 aromatic carbocycles. The number of hydrogen-bond acceptors (Lipinski definition) is 1. The van der Waals surface area contributed by atoms with E-state index in [0.717, 1.165) is 22.3 Å². The Morgan fingerprint density at radius 2 is 1.17 bits per heavy atom. The Balaban J connectivity index is 1.31. The van der Waals surface area contributed by atoms with Gasteiger partial charge in [0, 0.05) is 33.8 Å². The van der Waals surface area contributed by atoms with Crippen molar-refractivity contribution in [2.45, 2.75) is 5.41 Å². The third-order valence-corrected chi connectivity index (χ3v) is 11.0. The second-order valence-corrected chi connectivity index (χ2v) is 13.9. The summed E-state index contributed by atoms with van der Waals surface area (Å²) in [6.45, 7) is 0. The summed E-state index contributed by atoms with van der Waals surface area (Å²) >= 11 is 0. The fourth-order valence-corrected chi connectivity index (χ4v) is 8.67. The SMILES string of the molecule is N=C(/N=C/c1cccc(-n2c3ccc(-c4ccccc4)cc3c3ccc4c(c32)C(c2ccccc2)(c2ccccc2)c2ccccc2-4)c1)c1ccccc1. The smallest absolute Gasteiger partial charge is 0.151 e. The summed E-state index contributed by atoms with van der Waals surface area (Å²) in [4.78, 5) is 4.59. The number of fused-ring (bicyclic) bond motifs is 7. The Kier molecular flexibility index (Phi) is 7.52. The minimum absolute atomic E-state index is 0.234. The van der Waals surface area contributed by atoms with E-state index >= 15 is 0 Å². The summed E-state index contributed by atoms with van der Waals surface area (Å²) in [6, 6.07) is 71.4. The topological polar surface area (TPSA) is 41.1 Å². The van der Waals surface area contributed by atoms with E-state index in [1.165, 1.54) is 60.8 Å². The molecule has 0 saturated carbocycles. The number of rotatable bonds is 6. The maximum Gasteiger partial charge on any atom is 0.151 e. The standard InChI is InChI=1S/C51H35N3/c52-50(37-19-7-2-8-20-37)53-34-35-16-15-25-41(32-35)54-47-31-28-38(36-17-5-1-6-18-36)33-45(47)44-30-29-43-42-26-13-14-27-46(42)51(48(43)49(44)54,39-21-9-3-10-22-39)40-23-11-4-12-24-40/h1-34,52H/b52-50?,53-34+. The van der Waals surface area contributed by atoms with Gasteiger partial charge in [-0.2, -0.15) is 0 Å². The Labute approximate surface area is 314 Å². The lowest BCUT2D eigenvalue weighted by atomic mass is 9.67. The molecule has 3 nitrogen and oxygen atoms in total. The zero-order valence-electron chi connectivity index (χ0n) is 29.5. The van der Waals surface area contributed by atoms with Crippen LogP contribution in [0, 0.1) is 5.41 Å². The van der Waals surface area contributed by atoms with Crippen LogP contribution in [0.4, 0.5) is 0 Å². The van der Waals surface area contributed by atoms with Gasteiger partial charge in [-0.3, -0.25) is 5.41 Å². The molecule has 0 atom stereocenters. The van der Waals surface area contributed by atoms with Gasteiger partial charge in [-0.1, -0.05) is 176 Å². The van der Waals surface area contributed by atoms with Gasteiger partial charge in [0.25, 0.3) is 0 Å². The van der Waals surface area contributed by atoms with E-state index in [9.17, 15) is 0 Å². The zero-order valence-corrected chi connectivity index (χ0v) is 29.5. The number of amidine groups is 1. The van der Waals surface area contributed by atoms with Crippen LogP contribution in [0.25, 0.3) is 49.7 Å². The van der Waals surface area contributed by atoms with Gasteiger partial charge in [-0.15, -0.1) is 0 Å². The molecule has 3 heteroatoms. The van der Waals surface area contributed by atoms with Crippen LogP contribution in [0.15, 0.2) is 205 Å². The lowest BCUT2D eigenvalue weighted by Gasteiger charge is -2.34. The van der Waals surface area contributed by atoms with Crippen LogP contribution in [-0.4, -0.2) is 16.6 Å². The van der Waals surface area contributed by atoms with Crippen molar-refractivity contribution in [3.8, 4) is 27.9 Å². The summed E-state index contributed by atoms with van der Waals surface area (Å²) < 4.78 is 2.46. The molecular weight excluding hydrogens is 655 g/mol. The molecule has 54 heavy (non-hydrogen) atoms. The maximum atomic E-state index is 8.63. The molecule has 0 unspecified atom stereocenters. The van der Waals surface area contributed by atoms with Crippen LogP contribution < -0.4 is 0 Å². The Morgan fingerprint density at radius 3 is 1.89 bits per heavy atom. The van der Waals surface area contributed by atoms with Crippen LogP contribution in [0.3, 0.4) is 0 Å². The van der Waals surface area contributed by atoms with E-state index in [1.807, 2.05) is 30.3 Å². The molecule has 1 heterocycles. The first-order chi connectivity index (χ1) is 26.7. The minimum Gasteiger partial charge on any atom is -0.309 e. The molecule has 10 rings (SSSR count). The van der Waals surface area contributed by atoms with Gasteiger partial charge in [-0.05, 0) is 68.8 Å². The third-order valence-electron chi connectivity index (χ3n) is 11.0. The van der Waals surface area contributed by atoms with Gasteiger partial charge >= 0.3 is 0 Å². The van der Waals surface area contributed by atoms with Crippen LogP contribution in [0.2, 0.25) is 0 Å². The van der Waals surface area contributed by atoms with Crippen molar-refractivity contribution in [2.24, 2.45) is 4.99 Å². The number of nitrogens with one attached hydrogen (secondary N) is 1. The minimum atomic E-state index is -0.577. The van der Waals surface area contributed by atoms with E-state index in [4.69, 9.17) is 5.41 Å². The highest BCUT2D eigenvalue weighted by atomic mass is 15.0. The number of aromatic nitrogens is 1. The van der Waals surface area contributed by atoms with Gasteiger partial charge in [0.05, 0.1) is 16.4 Å². The maximum absolute atomic E-state index is 8.63. The molecule has 0 radical (unpaired) electrons. The quantitative estimate of drug-likeness (QED) is 0.133. The molecular formula is C51H35N3. The molecule has 0 bridgehead atoms. The predicted molar refractivity (Wildman–Crippen MR) is 224 cm³/mol. The summed E-state index contributed by atoms with van der Waals surface area (Å²) in [5, 5.41) is 11.0. The predicted octanol–water partition coefficient (Wildman–Crippen LogP) is 12.3. The third kappa shape index (κ3) is 4.90. The first kappa shape index (κ1) is 31.6. The normalized spacial score (nSPS) is 13.0. The van der Waals surface area contributed by atoms with Crippen molar-refractivity contribution in [3.63, 3.8) is 0 Å². The molecule has 1 aliphatic rings. The van der Waals surface area contributed by atoms with E-state index < -0.39 is 5.41 Å². The van der Waals surface area contributed by atoms with Crippen LogP contribution in [-0.2, 0) is 5.41 Å². The van der Waals surface area contributed by atoms with Crippen LogP contribution >= 0.6 is 0 Å². The average molecular weight is 690 g/mol. The first-order valence-electron chi connectivity index (χ1n) is 18.4. The summed E-state index contributed by atoms with van der Waals surface area (Å²) in [5.41, 5.74) is 14.4. The number of aliphatic imine (C=N–C) groups is 1. The highest BCUT2D eigenvalue weighted by molar-refractivity contribution is 6.15. The monoisotopic (exact) mass is 689 g/mol. The van der Waals surface area contributed by atoms with Crippen LogP contribution in [0.5, 0.6) is 0 Å². The fraction of sp³-hybridized carbons (Fsp3) is 0.0196. The Hall–Kier alpha value is -7.10. The van der Waals surface area contributed by atoms with Crippen molar-refractivity contribution >= 4 is 33.9 Å². The van der Waals surface area contributed by atoms with Crippen molar-refractivity contribution in [3.05, 3.63) is 234 Å². The number of hydrogen-bond donors (Lipinski definition) is 1. The Morgan fingerprint density at radius 1 is 0.519 bits per heavy atom. The summed E-state index contributed by atoms with van der Waals surface area (Å²) in [5.74, 6) is 0.234. The van der Waals surface area contributed by atoms with Gasteiger partial charge in [0.1, 0.15) is 0 Å². The second-order valence-electron chi connectivity index (χ2n) is 13.9. The molecule has 0 aliphatic heterocycles. The number of benzene rings is 8.